The molecule has 1 saturated carbocycles. The number of piperidine rings is 1. The highest BCUT2D eigenvalue weighted by atomic mass is 16.5. The Morgan fingerprint density at radius 3 is 2.58 bits per heavy atom. The standard InChI is InChI=1S/C24H36N4O3/c1-16(2)31-15-22(30)27-12-8-7-11-20(27)23-25-17(3)19-13-21(29)28(24(19)26-23)14-18-9-5-4-6-10-18/h16,18,20H,4-15H2,1-3H3/t20-/m0/s1. The van der Waals surface area contributed by atoms with Crippen molar-refractivity contribution in [2.24, 2.45) is 5.92 Å². The first-order valence-corrected chi connectivity index (χ1v) is 12.0. The molecule has 0 aromatic carbocycles. The second-order valence-electron chi connectivity index (χ2n) is 9.61. The van der Waals surface area contributed by atoms with E-state index >= 15 is 0 Å². The first kappa shape index (κ1) is 22.2. The summed E-state index contributed by atoms with van der Waals surface area (Å²) in [6.07, 6.45) is 9.49. The van der Waals surface area contributed by atoms with Gasteiger partial charge in [0.1, 0.15) is 12.4 Å². The molecule has 3 heterocycles. The molecule has 2 aliphatic heterocycles. The van der Waals surface area contributed by atoms with E-state index in [1.807, 2.05) is 30.6 Å². The maximum atomic E-state index is 12.9. The first-order valence-electron chi connectivity index (χ1n) is 12.0. The molecular formula is C24H36N4O3. The van der Waals surface area contributed by atoms with Crippen molar-refractivity contribution in [3.05, 3.63) is 17.1 Å². The second-order valence-corrected chi connectivity index (χ2v) is 9.61. The van der Waals surface area contributed by atoms with Gasteiger partial charge in [-0.2, -0.15) is 0 Å². The SMILES string of the molecule is Cc1nc([C@@H]2CCCCN2C(=O)COC(C)C)nc2c1CC(=O)N2CC1CCCCC1. The van der Waals surface area contributed by atoms with E-state index in [0.29, 0.717) is 24.7 Å². The fraction of sp³-hybridized carbons (Fsp3) is 0.750. The third-order valence-electron chi connectivity index (χ3n) is 6.92. The van der Waals surface area contributed by atoms with Crippen molar-refractivity contribution < 1.29 is 14.3 Å². The fourth-order valence-electron chi connectivity index (χ4n) is 5.18. The Labute approximate surface area is 185 Å². The molecule has 170 valence electrons. The largest absolute Gasteiger partial charge is 0.369 e. The Balaban J connectivity index is 1.58. The van der Waals surface area contributed by atoms with Gasteiger partial charge in [0.2, 0.25) is 11.8 Å². The summed E-state index contributed by atoms with van der Waals surface area (Å²) >= 11 is 0. The van der Waals surface area contributed by atoms with Crippen LogP contribution in [0.2, 0.25) is 0 Å². The summed E-state index contributed by atoms with van der Waals surface area (Å²) in [5.74, 6) is 2.15. The predicted molar refractivity (Wildman–Crippen MR) is 119 cm³/mol. The van der Waals surface area contributed by atoms with E-state index in [0.717, 1.165) is 42.9 Å². The van der Waals surface area contributed by atoms with Crippen LogP contribution in [0.25, 0.3) is 0 Å². The minimum Gasteiger partial charge on any atom is -0.369 e. The van der Waals surface area contributed by atoms with Gasteiger partial charge in [0, 0.05) is 24.3 Å². The van der Waals surface area contributed by atoms with Crippen LogP contribution in [0.4, 0.5) is 5.82 Å². The minimum absolute atomic E-state index is 0.00436. The van der Waals surface area contributed by atoms with Crippen molar-refractivity contribution in [3.63, 3.8) is 0 Å². The zero-order chi connectivity index (χ0) is 22.0. The number of rotatable bonds is 6. The highest BCUT2D eigenvalue weighted by Gasteiger charge is 2.36. The molecule has 0 radical (unpaired) electrons. The maximum absolute atomic E-state index is 12.9. The maximum Gasteiger partial charge on any atom is 0.249 e. The number of anilines is 1. The Morgan fingerprint density at radius 1 is 1.10 bits per heavy atom. The molecule has 4 rings (SSSR count). The van der Waals surface area contributed by atoms with Crippen LogP contribution in [0.3, 0.4) is 0 Å². The monoisotopic (exact) mass is 428 g/mol. The number of carbonyl (C=O) groups is 2. The Morgan fingerprint density at radius 2 is 1.84 bits per heavy atom. The molecule has 7 nitrogen and oxygen atoms in total. The summed E-state index contributed by atoms with van der Waals surface area (Å²) in [6, 6.07) is -0.145. The molecule has 1 saturated heterocycles. The van der Waals surface area contributed by atoms with Crippen molar-refractivity contribution in [2.75, 3.05) is 24.6 Å². The van der Waals surface area contributed by atoms with Crippen LogP contribution in [0, 0.1) is 12.8 Å². The van der Waals surface area contributed by atoms with Crippen molar-refractivity contribution in [1.29, 1.82) is 0 Å². The van der Waals surface area contributed by atoms with E-state index in [2.05, 4.69) is 0 Å². The number of aromatic nitrogens is 2. The van der Waals surface area contributed by atoms with Crippen molar-refractivity contribution in [2.45, 2.75) is 90.7 Å². The molecule has 0 unspecified atom stereocenters. The van der Waals surface area contributed by atoms with Gasteiger partial charge in [-0.1, -0.05) is 19.3 Å². The summed E-state index contributed by atoms with van der Waals surface area (Å²) in [5, 5.41) is 0. The van der Waals surface area contributed by atoms with Gasteiger partial charge in [-0.25, -0.2) is 9.97 Å². The van der Waals surface area contributed by atoms with Crippen LogP contribution < -0.4 is 4.90 Å². The topological polar surface area (TPSA) is 75.6 Å². The average molecular weight is 429 g/mol. The van der Waals surface area contributed by atoms with Crippen LogP contribution >= 0.6 is 0 Å². The van der Waals surface area contributed by atoms with E-state index in [1.165, 1.54) is 32.1 Å². The first-order chi connectivity index (χ1) is 14.9. The summed E-state index contributed by atoms with van der Waals surface area (Å²) in [6.45, 7) is 7.40. The molecule has 1 aromatic rings. The highest BCUT2D eigenvalue weighted by Crippen LogP contribution is 2.36. The lowest BCUT2D eigenvalue weighted by molar-refractivity contribution is -0.141. The number of ether oxygens (including phenoxy) is 1. The molecular weight excluding hydrogens is 392 g/mol. The van der Waals surface area contributed by atoms with E-state index in [-0.39, 0.29) is 30.6 Å². The summed E-state index contributed by atoms with van der Waals surface area (Å²) < 4.78 is 5.57. The average Bonchev–Trinajstić information content (AvgIpc) is 3.08. The van der Waals surface area contributed by atoms with E-state index in [9.17, 15) is 9.59 Å². The normalized spacial score (nSPS) is 22.3. The third-order valence-corrected chi connectivity index (χ3v) is 6.92. The smallest absolute Gasteiger partial charge is 0.249 e. The summed E-state index contributed by atoms with van der Waals surface area (Å²) in [5.41, 5.74) is 1.83. The number of likely N-dealkylation sites (tertiary alicyclic amines) is 1. The van der Waals surface area contributed by atoms with Crippen LogP contribution in [0.15, 0.2) is 0 Å². The minimum atomic E-state index is -0.145. The number of fused-ring (bicyclic) bond motifs is 1. The molecule has 0 N–H and O–H groups in total. The highest BCUT2D eigenvalue weighted by molar-refractivity contribution is 6.00. The number of carbonyl (C=O) groups excluding carboxylic acids is 2. The summed E-state index contributed by atoms with van der Waals surface area (Å²) in [4.78, 5) is 39.2. The van der Waals surface area contributed by atoms with Crippen LogP contribution in [0.1, 0.15) is 88.3 Å². The van der Waals surface area contributed by atoms with Crippen molar-refractivity contribution in [1.82, 2.24) is 14.9 Å². The Bertz CT molecular complexity index is 819. The fourth-order valence-corrected chi connectivity index (χ4v) is 5.18. The molecule has 3 aliphatic rings. The lowest BCUT2D eigenvalue weighted by Gasteiger charge is -2.35. The molecule has 1 aromatic heterocycles. The number of amides is 2. The lowest BCUT2D eigenvalue weighted by atomic mass is 9.89. The van der Waals surface area contributed by atoms with Crippen molar-refractivity contribution in [3.8, 4) is 0 Å². The quantitative estimate of drug-likeness (QED) is 0.690. The Hall–Kier alpha value is -2.02. The van der Waals surface area contributed by atoms with Gasteiger partial charge in [-0.3, -0.25) is 14.5 Å². The van der Waals surface area contributed by atoms with Crippen LogP contribution in [-0.2, 0) is 20.7 Å². The number of hydrogen-bond donors (Lipinski definition) is 0. The zero-order valence-electron chi connectivity index (χ0n) is 19.2. The molecule has 31 heavy (non-hydrogen) atoms. The molecule has 7 heteroatoms. The molecule has 2 fully saturated rings. The van der Waals surface area contributed by atoms with Crippen molar-refractivity contribution >= 4 is 17.6 Å². The third kappa shape index (κ3) is 4.92. The van der Waals surface area contributed by atoms with E-state index < -0.39 is 0 Å². The van der Waals surface area contributed by atoms with E-state index in [1.54, 1.807) is 0 Å². The van der Waals surface area contributed by atoms with Gasteiger partial charge >= 0.3 is 0 Å². The van der Waals surface area contributed by atoms with Gasteiger partial charge in [-0.15, -0.1) is 0 Å². The van der Waals surface area contributed by atoms with Gasteiger partial charge in [0.05, 0.1) is 18.6 Å². The molecule has 0 spiro atoms. The van der Waals surface area contributed by atoms with E-state index in [4.69, 9.17) is 14.7 Å². The molecule has 1 aliphatic carbocycles. The van der Waals surface area contributed by atoms with Gasteiger partial charge in [0.25, 0.3) is 0 Å². The van der Waals surface area contributed by atoms with Gasteiger partial charge in [0.15, 0.2) is 5.82 Å². The number of nitrogens with zero attached hydrogens (tertiary/aromatic N) is 4. The molecule has 1 atom stereocenters. The van der Waals surface area contributed by atoms with Gasteiger partial charge < -0.3 is 9.64 Å². The second kappa shape index (κ2) is 9.63. The van der Waals surface area contributed by atoms with Gasteiger partial charge in [-0.05, 0) is 58.8 Å². The van der Waals surface area contributed by atoms with Crippen LogP contribution in [-0.4, -0.2) is 52.5 Å². The van der Waals surface area contributed by atoms with Crippen LogP contribution in [0.5, 0.6) is 0 Å². The zero-order valence-corrected chi connectivity index (χ0v) is 19.2. The number of hydrogen-bond acceptors (Lipinski definition) is 5. The molecule has 0 bridgehead atoms. The lowest BCUT2D eigenvalue weighted by Crippen LogP contribution is -2.42. The molecule has 2 amide bonds. The summed E-state index contributed by atoms with van der Waals surface area (Å²) in [7, 11) is 0. The number of aryl methyl sites for hydroxylation is 1. The Kier molecular flexibility index (Phi) is 6.89. The predicted octanol–water partition coefficient (Wildman–Crippen LogP) is 3.73.